The Morgan fingerprint density at radius 2 is 2.00 bits per heavy atom. The van der Waals surface area contributed by atoms with Gasteiger partial charge in [0, 0.05) is 0 Å². The Morgan fingerprint density at radius 1 is 1.46 bits per heavy atom. The van der Waals surface area contributed by atoms with Gasteiger partial charge in [-0.25, -0.2) is 4.79 Å². The Hall–Kier alpha value is -0.780. The molecule has 0 saturated heterocycles. The molecule has 0 spiro atoms. The molecule has 0 radical (unpaired) electrons. The van der Waals surface area contributed by atoms with Gasteiger partial charge in [-0.05, 0) is 19.3 Å². The summed E-state index contributed by atoms with van der Waals surface area (Å²) in [4.78, 5) is 10.0. The molecule has 6 heteroatoms. The van der Waals surface area contributed by atoms with Gasteiger partial charge < -0.3 is 9.84 Å². The van der Waals surface area contributed by atoms with E-state index >= 15 is 0 Å². The van der Waals surface area contributed by atoms with E-state index in [4.69, 9.17) is 5.11 Å². The van der Waals surface area contributed by atoms with Gasteiger partial charge in [0.25, 0.3) is 0 Å². The SMILES string of the molecule is O=C(O)COC1(C(F)(F)F)CCC1. The van der Waals surface area contributed by atoms with Crippen molar-refractivity contribution in [2.45, 2.75) is 31.0 Å². The van der Waals surface area contributed by atoms with Crippen LogP contribution in [-0.4, -0.2) is 29.5 Å². The second-order valence-corrected chi connectivity index (χ2v) is 3.03. The summed E-state index contributed by atoms with van der Waals surface area (Å²) in [6, 6.07) is 0. The summed E-state index contributed by atoms with van der Waals surface area (Å²) in [7, 11) is 0. The monoisotopic (exact) mass is 198 g/mol. The molecule has 0 aromatic heterocycles. The minimum atomic E-state index is -4.46. The number of hydrogen-bond acceptors (Lipinski definition) is 2. The van der Waals surface area contributed by atoms with Crippen molar-refractivity contribution in [2.24, 2.45) is 0 Å². The maximum Gasteiger partial charge on any atom is 0.417 e. The molecule has 0 atom stereocenters. The van der Waals surface area contributed by atoms with E-state index in [2.05, 4.69) is 4.74 Å². The van der Waals surface area contributed by atoms with Crippen molar-refractivity contribution < 1.29 is 27.8 Å². The van der Waals surface area contributed by atoms with Gasteiger partial charge in [-0.2, -0.15) is 13.2 Å². The van der Waals surface area contributed by atoms with E-state index < -0.39 is 24.4 Å². The van der Waals surface area contributed by atoms with Crippen LogP contribution >= 0.6 is 0 Å². The number of aliphatic carboxylic acids is 1. The molecule has 0 aliphatic heterocycles. The molecule has 0 aromatic rings. The Labute approximate surface area is 72.5 Å². The number of hydrogen-bond donors (Lipinski definition) is 1. The third-order valence-electron chi connectivity index (χ3n) is 2.15. The van der Waals surface area contributed by atoms with Crippen LogP contribution in [0.15, 0.2) is 0 Å². The van der Waals surface area contributed by atoms with Crippen molar-refractivity contribution in [3.63, 3.8) is 0 Å². The maximum atomic E-state index is 12.3. The summed E-state index contributed by atoms with van der Waals surface area (Å²) >= 11 is 0. The average Bonchev–Trinajstić information content (AvgIpc) is 1.80. The highest BCUT2D eigenvalue weighted by molar-refractivity contribution is 5.68. The van der Waals surface area contributed by atoms with Crippen LogP contribution in [0.5, 0.6) is 0 Å². The van der Waals surface area contributed by atoms with Gasteiger partial charge in [-0.1, -0.05) is 0 Å². The Morgan fingerprint density at radius 3 is 2.23 bits per heavy atom. The first-order valence-corrected chi connectivity index (χ1v) is 3.80. The molecule has 1 fully saturated rings. The quantitative estimate of drug-likeness (QED) is 0.748. The van der Waals surface area contributed by atoms with Crippen molar-refractivity contribution in [1.82, 2.24) is 0 Å². The third-order valence-corrected chi connectivity index (χ3v) is 2.15. The number of halogens is 3. The lowest BCUT2D eigenvalue weighted by atomic mass is 9.79. The lowest BCUT2D eigenvalue weighted by molar-refractivity contribution is -0.303. The van der Waals surface area contributed by atoms with Crippen LogP contribution in [0.3, 0.4) is 0 Å². The number of rotatable bonds is 3. The fraction of sp³-hybridized carbons (Fsp3) is 0.857. The van der Waals surface area contributed by atoms with E-state index in [0.717, 1.165) is 0 Å². The molecule has 1 N–H and O–H groups in total. The number of ether oxygens (including phenoxy) is 1. The van der Waals surface area contributed by atoms with Crippen LogP contribution in [0.1, 0.15) is 19.3 Å². The molecule has 0 bridgehead atoms. The second-order valence-electron chi connectivity index (χ2n) is 3.03. The molecule has 1 rings (SSSR count). The number of carboxylic acid groups (broad SMARTS) is 1. The number of carboxylic acids is 1. The van der Waals surface area contributed by atoms with Gasteiger partial charge in [-0.15, -0.1) is 0 Å². The molecule has 0 unspecified atom stereocenters. The largest absolute Gasteiger partial charge is 0.480 e. The third kappa shape index (κ3) is 1.93. The molecule has 13 heavy (non-hydrogen) atoms. The average molecular weight is 198 g/mol. The lowest BCUT2D eigenvalue weighted by Gasteiger charge is -2.42. The van der Waals surface area contributed by atoms with Crippen molar-refractivity contribution in [1.29, 1.82) is 0 Å². The molecular formula is C7H9F3O3. The minimum absolute atomic E-state index is 0.135. The van der Waals surface area contributed by atoms with Crippen molar-refractivity contribution in [2.75, 3.05) is 6.61 Å². The highest BCUT2D eigenvalue weighted by Gasteiger charge is 2.59. The van der Waals surface area contributed by atoms with E-state index in [1.165, 1.54) is 0 Å². The zero-order valence-corrected chi connectivity index (χ0v) is 6.73. The van der Waals surface area contributed by atoms with Crippen LogP contribution in [0.2, 0.25) is 0 Å². The summed E-state index contributed by atoms with van der Waals surface area (Å²) < 4.78 is 41.2. The van der Waals surface area contributed by atoms with Gasteiger partial charge >= 0.3 is 12.1 Å². The fourth-order valence-electron chi connectivity index (χ4n) is 1.21. The molecular weight excluding hydrogens is 189 g/mol. The van der Waals surface area contributed by atoms with E-state index in [9.17, 15) is 18.0 Å². The second kappa shape index (κ2) is 3.17. The van der Waals surface area contributed by atoms with Gasteiger partial charge in [-0.3, -0.25) is 0 Å². The topological polar surface area (TPSA) is 46.5 Å². The van der Waals surface area contributed by atoms with Crippen molar-refractivity contribution >= 4 is 5.97 Å². The first-order valence-electron chi connectivity index (χ1n) is 3.80. The highest BCUT2D eigenvalue weighted by atomic mass is 19.4. The Balaban J connectivity index is 2.55. The van der Waals surface area contributed by atoms with E-state index in [-0.39, 0.29) is 12.8 Å². The molecule has 0 aromatic carbocycles. The maximum absolute atomic E-state index is 12.3. The van der Waals surface area contributed by atoms with E-state index in [1.807, 2.05) is 0 Å². The summed E-state index contributed by atoms with van der Waals surface area (Å²) in [5, 5.41) is 8.17. The van der Waals surface area contributed by atoms with Crippen LogP contribution in [0.4, 0.5) is 13.2 Å². The lowest BCUT2D eigenvalue weighted by Crippen LogP contribution is -2.53. The molecule has 76 valence electrons. The van der Waals surface area contributed by atoms with Crippen LogP contribution in [0, 0.1) is 0 Å². The van der Waals surface area contributed by atoms with E-state index in [0.29, 0.717) is 6.42 Å². The Kier molecular flexibility index (Phi) is 2.51. The van der Waals surface area contributed by atoms with Crippen LogP contribution < -0.4 is 0 Å². The molecule has 1 saturated carbocycles. The van der Waals surface area contributed by atoms with Crippen LogP contribution in [-0.2, 0) is 9.53 Å². The summed E-state index contributed by atoms with van der Waals surface area (Å²) in [6.45, 7) is -0.889. The summed E-state index contributed by atoms with van der Waals surface area (Å²) in [5.74, 6) is -1.38. The predicted octanol–water partition coefficient (Wildman–Crippen LogP) is 1.57. The summed E-state index contributed by atoms with van der Waals surface area (Å²) in [6.07, 6.45) is -4.30. The fourth-order valence-corrected chi connectivity index (χ4v) is 1.21. The molecule has 0 amide bonds. The molecule has 0 heterocycles. The highest BCUT2D eigenvalue weighted by Crippen LogP contribution is 2.47. The first-order chi connectivity index (χ1) is 5.87. The van der Waals surface area contributed by atoms with Crippen molar-refractivity contribution in [3.05, 3.63) is 0 Å². The van der Waals surface area contributed by atoms with Gasteiger partial charge in [0.05, 0.1) is 0 Å². The van der Waals surface area contributed by atoms with E-state index in [1.54, 1.807) is 0 Å². The first kappa shape index (κ1) is 10.3. The van der Waals surface area contributed by atoms with Gasteiger partial charge in [0.2, 0.25) is 0 Å². The van der Waals surface area contributed by atoms with Crippen molar-refractivity contribution in [3.8, 4) is 0 Å². The number of carbonyl (C=O) groups is 1. The zero-order chi connectivity index (χ0) is 10.1. The minimum Gasteiger partial charge on any atom is -0.480 e. The van der Waals surface area contributed by atoms with Crippen LogP contribution in [0.25, 0.3) is 0 Å². The Bertz CT molecular complexity index is 208. The zero-order valence-electron chi connectivity index (χ0n) is 6.73. The standard InChI is InChI=1S/C7H9F3O3/c8-7(9,10)6(2-1-3-6)13-4-5(11)12/h1-4H2,(H,11,12). The van der Waals surface area contributed by atoms with Gasteiger partial charge in [0.15, 0.2) is 5.60 Å². The normalized spacial score (nSPS) is 20.8. The predicted molar refractivity (Wildman–Crippen MR) is 36.2 cm³/mol. The molecule has 3 nitrogen and oxygen atoms in total. The molecule has 1 aliphatic carbocycles. The van der Waals surface area contributed by atoms with Gasteiger partial charge in [0.1, 0.15) is 6.61 Å². The molecule has 1 aliphatic rings. The number of alkyl halides is 3. The smallest absolute Gasteiger partial charge is 0.417 e. The summed E-state index contributed by atoms with van der Waals surface area (Å²) in [5.41, 5.74) is -2.19.